The fraction of sp³-hybridized carbons (Fsp3) is 0. The molecule has 1 aromatic carbocycles. The van der Waals surface area contributed by atoms with E-state index in [9.17, 15) is 10.1 Å². The Bertz CT molecular complexity index is 375. The maximum absolute atomic E-state index is 10.3. The van der Waals surface area contributed by atoms with Gasteiger partial charge in [0.05, 0.1) is 21.5 Å². The first-order chi connectivity index (χ1) is 5.65. The Morgan fingerprint density at radius 1 is 1.54 bits per heavy atom. The summed E-state index contributed by atoms with van der Waals surface area (Å²) in [6, 6.07) is 5.92. The normalized spacial score (nSPS) is 8.31. The van der Waals surface area contributed by atoms with Crippen molar-refractivity contribution in [1.29, 1.82) is 5.26 Å². The minimum Gasteiger partial charge on any atom is -0.258 e. The number of nitrogens with zero attached hydrogens (tertiary/aromatic N) is 2. The summed E-state index contributed by atoms with van der Waals surface area (Å²) in [6.45, 7) is 0. The number of thiol groups is 1. The maximum Gasteiger partial charge on any atom is 0.283 e. The van der Waals surface area contributed by atoms with Crippen molar-refractivity contribution in [3.8, 4) is 6.07 Å². The monoisotopic (exact) mass is 203 g/mol. The molecule has 0 amide bonds. The molecule has 13 heavy (non-hydrogen) atoms. The van der Waals surface area contributed by atoms with E-state index in [0.717, 1.165) is 0 Å². The Morgan fingerprint density at radius 2 is 2.15 bits per heavy atom. The number of nitriles is 1. The zero-order chi connectivity index (χ0) is 9.14. The van der Waals surface area contributed by atoms with Gasteiger partial charge in [-0.3, -0.25) is 10.1 Å². The van der Waals surface area contributed by atoms with Crippen LogP contribution in [0.25, 0.3) is 0 Å². The largest absolute Gasteiger partial charge is 0.283 e. The van der Waals surface area contributed by atoms with Crippen LogP contribution in [0.2, 0.25) is 0 Å². The van der Waals surface area contributed by atoms with E-state index in [2.05, 4.69) is 12.6 Å². The molecule has 61 valence electrons. The van der Waals surface area contributed by atoms with Gasteiger partial charge in [-0.15, -0.1) is 12.6 Å². The van der Waals surface area contributed by atoms with Gasteiger partial charge in [0.15, 0.2) is 0 Å². The summed E-state index contributed by atoms with van der Waals surface area (Å²) < 4.78 is 0. The standard InChI is InChI=1S/C7H4N2O2S.Na/c8-4-5-1-2-7(12)6(3-5)9(10)11;/h1-3,12H;. The van der Waals surface area contributed by atoms with Gasteiger partial charge >= 0.3 is 0 Å². The van der Waals surface area contributed by atoms with Crippen molar-refractivity contribution in [1.82, 2.24) is 0 Å². The maximum atomic E-state index is 10.3. The van der Waals surface area contributed by atoms with Gasteiger partial charge in [0.2, 0.25) is 0 Å². The third-order valence-corrected chi connectivity index (χ3v) is 1.68. The number of rotatable bonds is 1. The fourth-order valence-corrected chi connectivity index (χ4v) is 0.960. The van der Waals surface area contributed by atoms with Crippen LogP contribution >= 0.6 is 12.6 Å². The van der Waals surface area contributed by atoms with E-state index >= 15 is 0 Å². The average Bonchev–Trinajstić information content (AvgIpc) is 2.05. The van der Waals surface area contributed by atoms with Crippen molar-refractivity contribution in [2.24, 2.45) is 0 Å². The molecule has 0 atom stereocenters. The van der Waals surface area contributed by atoms with Gasteiger partial charge in [-0.2, -0.15) is 5.26 Å². The second kappa shape index (κ2) is 5.25. The first-order valence-electron chi connectivity index (χ1n) is 3.02. The van der Waals surface area contributed by atoms with Crippen LogP contribution < -0.4 is 0 Å². The Morgan fingerprint density at radius 3 is 2.62 bits per heavy atom. The number of hydrogen-bond donors (Lipinski definition) is 1. The van der Waals surface area contributed by atoms with Gasteiger partial charge in [-0.25, -0.2) is 0 Å². The predicted octanol–water partition coefficient (Wildman–Crippen LogP) is 1.37. The molecular formula is C7H4N2NaO2S. The number of hydrogen-bond acceptors (Lipinski definition) is 4. The van der Waals surface area contributed by atoms with Gasteiger partial charge < -0.3 is 0 Å². The van der Waals surface area contributed by atoms with Crippen LogP contribution in [0, 0.1) is 21.4 Å². The molecule has 0 unspecified atom stereocenters. The summed E-state index contributed by atoms with van der Waals surface area (Å²) in [7, 11) is 0. The SMILES string of the molecule is N#Cc1ccc(S)c([N+](=O)[O-])c1.[Na]. The molecular weight excluding hydrogens is 199 g/mol. The van der Waals surface area contributed by atoms with Gasteiger partial charge in [0, 0.05) is 35.6 Å². The quantitative estimate of drug-likeness (QED) is 0.324. The minimum atomic E-state index is -0.566. The molecule has 0 saturated carbocycles. The molecule has 1 rings (SSSR count). The van der Waals surface area contributed by atoms with Crippen molar-refractivity contribution >= 4 is 47.9 Å². The molecule has 4 nitrogen and oxygen atoms in total. The number of benzene rings is 1. The first kappa shape index (κ1) is 12.5. The fourth-order valence-electron chi connectivity index (χ4n) is 0.739. The molecule has 0 aliphatic carbocycles. The summed E-state index contributed by atoms with van der Waals surface area (Å²) in [4.78, 5) is 10.0. The zero-order valence-electron chi connectivity index (χ0n) is 6.89. The molecule has 0 fully saturated rings. The van der Waals surface area contributed by atoms with Crippen molar-refractivity contribution < 1.29 is 4.92 Å². The van der Waals surface area contributed by atoms with Crippen LogP contribution in [0.4, 0.5) is 5.69 Å². The third-order valence-electron chi connectivity index (χ3n) is 1.30. The van der Waals surface area contributed by atoms with E-state index < -0.39 is 4.92 Å². The number of nitro benzene ring substituents is 1. The van der Waals surface area contributed by atoms with Gasteiger partial charge in [0.1, 0.15) is 0 Å². The Balaban J connectivity index is 0.00000144. The number of nitro groups is 1. The predicted molar refractivity (Wildman–Crippen MR) is 50.8 cm³/mol. The van der Waals surface area contributed by atoms with E-state index in [-0.39, 0.29) is 45.7 Å². The Kier molecular flexibility index (Phi) is 5.03. The Hall–Kier alpha value is -0.540. The smallest absolute Gasteiger partial charge is 0.258 e. The van der Waals surface area contributed by atoms with Crippen LogP contribution in [0.5, 0.6) is 0 Å². The molecule has 0 heterocycles. The van der Waals surface area contributed by atoms with Crippen LogP contribution in [-0.2, 0) is 0 Å². The molecule has 0 aliphatic heterocycles. The van der Waals surface area contributed by atoms with E-state index in [1.807, 2.05) is 6.07 Å². The summed E-state index contributed by atoms with van der Waals surface area (Å²) in [5, 5.41) is 18.8. The molecule has 1 aromatic rings. The molecule has 0 spiro atoms. The van der Waals surface area contributed by atoms with E-state index in [0.29, 0.717) is 0 Å². The minimum absolute atomic E-state index is 0. The second-order valence-electron chi connectivity index (χ2n) is 2.07. The van der Waals surface area contributed by atoms with E-state index in [1.165, 1.54) is 18.2 Å². The molecule has 6 heteroatoms. The molecule has 0 N–H and O–H groups in total. The molecule has 0 aromatic heterocycles. The summed E-state index contributed by atoms with van der Waals surface area (Å²) >= 11 is 3.87. The zero-order valence-corrected chi connectivity index (χ0v) is 9.78. The first-order valence-corrected chi connectivity index (χ1v) is 3.47. The molecule has 0 saturated heterocycles. The van der Waals surface area contributed by atoms with E-state index in [1.54, 1.807) is 0 Å². The van der Waals surface area contributed by atoms with Crippen molar-refractivity contribution in [3.63, 3.8) is 0 Å². The van der Waals surface area contributed by atoms with Crippen molar-refractivity contribution in [2.45, 2.75) is 4.90 Å². The summed E-state index contributed by atoms with van der Waals surface area (Å²) in [5.41, 5.74) is 0.122. The van der Waals surface area contributed by atoms with Crippen molar-refractivity contribution in [3.05, 3.63) is 33.9 Å². The van der Waals surface area contributed by atoms with Crippen molar-refractivity contribution in [2.75, 3.05) is 0 Å². The summed E-state index contributed by atoms with van der Waals surface area (Å²) in [6.07, 6.45) is 0. The topological polar surface area (TPSA) is 66.9 Å². The van der Waals surface area contributed by atoms with Gasteiger partial charge in [-0.1, -0.05) is 0 Å². The average molecular weight is 203 g/mol. The third kappa shape index (κ3) is 3.01. The summed E-state index contributed by atoms with van der Waals surface area (Å²) in [5.74, 6) is 0. The second-order valence-corrected chi connectivity index (χ2v) is 2.55. The molecule has 0 aliphatic rings. The van der Waals surface area contributed by atoms with Gasteiger partial charge in [-0.05, 0) is 12.1 Å². The molecule has 1 radical (unpaired) electrons. The van der Waals surface area contributed by atoms with Crippen LogP contribution in [0.15, 0.2) is 23.1 Å². The van der Waals surface area contributed by atoms with Crippen LogP contribution in [0.3, 0.4) is 0 Å². The van der Waals surface area contributed by atoms with E-state index in [4.69, 9.17) is 5.26 Å². The molecule has 0 bridgehead atoms. The van der Waals surface area contributed by atoms with Crippen LogP contribution in [0.1, 0.15) is 5.56 Å². The Labute approximate surface area is 102 Å². The van der Waals surface area contributed by atoms with Crippen LogP contribution in [-0.4, -0.2) is 34.5 Å². The van der Waals surface area contributed by atoms with Gasteiger partial charge in [0.25, 0.3) is 5.69 Å².